The number of amides is 1. The van der Waals surface area contributed by atoms with Gasteiger partial charge < -0.3 is 10.6 Å². The van der Waals surface area contributed by atoms with E-state index in [-0.39, 0.29) is 11.8 Å². The summed E-state index contributed by atoms with van der Waals surface area (Å²) in [6, 6.07) is 7.53. The third-order valence-electron chi connectivity index (χ3n) is 4.53. The number of nitrogens with one attached hydrogen (secondary N) is 2. The molecule has 1 saturated carbocycles. The zero-order valence-electron chi connectivity index (χ0n) is 15.2. The lowest BCUT2D eigenvalue weighted by Gasteiger charge is -2.09. The largest absolute Gasteiger partial charge is 0.387 e. The quantitative estimate of drug-likeness (QED) is 0.725. The lowest BCUT2D eigenvalue weighted by Crippen LogP contribution is -2.14. The van der Waals surface area contributed by atoms with Crippen LogP contribution < -0.4 is 10.6 Å². The van der Waals surface area contributed by atoms with Crippen LogP contribution in [0, 0.1) is 12.8 Å². The van der Waals surface area contributed by atoms with Gasteiger partial charge in [0.05, 0.1) is 17.6 Å². The van der Waals surface area contributed by atoms with E-state index >= 15 is 0 Å². The first-order chi connectivity index (χ1) is 13.1. The zero-order valence-corrected chi connectivity index (χ0v) is 15.2. The lowest BCUT2D eigenvalue weighted by molar-refractivity contribution is -0.117. The fourth-order valence-electron chi connectivity index (χ4n) is 2.78. The molecule has 3 aromatic rings. The molecule has 7 nitrogen and oxygen atoms in total. The van der Waals surface area contributed by atoms with Crippen LogP contribution >= 0.6 is 0 Å². The number of rotatable bonds is 5. The summed E-state index contributed by atoms with van der Waals surface area (Å²) in [5, 5.41) is 5.96. The molecule has 3 aromatic heterocycles. The molecule has 1 amide bonds. The maximum atomic E-state index is 12.0. The number of carbonyl (C=O) groups is 1. The Labute approximate surface area is 157 Å². The number of carbonyl (C=O) groups excluding carboxylic acids is 1. The van der Waals surface area contributed by atoms with E-state index in [2.05, 4.69) is 25.6 Å². The van der Waals surface area contributed by atoms with Crippen molar-refractivity contribution in [2.24, 2.45) is 5.92 Å². The predicted molar refractivity (Wildman–Crippen MR) is 104 cm³/mol. The fourth-order valence-corrected chi connectivity index (χ4v) is 2.78. The number of nitrogens with zero attached hydrogens (tertiary/aromatic N) is 4. The SMILES string of the molecule is CNc1cnc(C)c(-c2nccc(-c3ccnc(NC(=O)C4CC4)c3)n2)c1. The van der Waals surface area contributed by atoms with Crippen LogP contribution in [0.25, 0.3) is 22.6 Å². The van der Waals surface area contributed by atoms with Crippen molar-refractivity contribution in [3.8, 4) is 22.6 Å². The van der Waals surface area contributed by atoms with E-state index in [1.54, 1.807) is 18.6 Å². The molecular weight excluding hydrogens is 340 g/mol. The minimum atomic E-state index is 0.0357. The Hall–Kier alpha value is -3.35. The molecule has 136 valence electrons. The minimum absolute atomic E-state index is 0.0357. The topological polar surface area (TPSA) is 92.7 Å². The molecule has 27 heavy (non-hydrogen) atoms. The Bertz CT molecular complexity index is 999. The first-order valence-electron chi connectivity index (χ1n) is 8.89. The Morgan fingerprint density at radius 2 is 1.93 bits per heavy atom. The average Bonchev–Trinajstić information content (AvgIpc) is 3.54. The van der Waals surface area contributed by atoms with Crippen LogP contribution in [-0.4, -0.2) is 32.9 Å². The summed E-state index contributed by atoms with van der Waals surface area (Å²) >= 11 is 0. The molecule has 4 rings (SSSR count). The van der Waals surface area contributed by atoms with Crippen LogP contribution in [-0.2, 0) is 4.79 Å². The number of pyridine rings is 2. The fraction of sp³-hybridized carbons (Fsp3) is 0.250. The van der Waals surface area contributed by atoms with Crippen LogP contribution in [0.4, 0.5) is 11.5 Å². The van der Waals surface area contributed by atoms with Gasteiger partial charge in [-0.25, -0.2) is 15.0 Å². The van der Waals surface area contributed by atoms with Gasteiger partial charge in [0.15, 0.2) is 5.82 Å². The number of hydrogen-bond acceptors (Lipinski definition) is 6. The van der Waals surface area contributed by atoms with Crippen LogP contribution in [0.2, 0.25) is 0 Å². The van der Waals surface area contributed by atoms with Gasteiger partial charge in [0.2, 0.25) is 5.91 Å². The Kier molecular flexibility index (Phi) is 4.50. The smallest absolute Gasteiger partial charge is 0.228 e. The second kappa shape index (κ2) is 7.11. The molecule has 1 aliphatic carbocycles. The van der Waals surface area contributed by atoms with Crippen molar-refractivity contribution in [2.45, 2.75) is 19.8 Å². The molecule has 0 unspecified atom stereocenters. The van der Waals surface area contributed by atoms with Crippen molar-refractivity contribution >= 4 is 17.4 Å². The van der Waals surface area contributed by atoms with Crippen molar-refractivity contribution < 1.29 is 4.79 Å². The predicted octanol–water partition coefficient (Wildman–Crippen LogP) is 3.30. The maximum absolute atomic E-state index is 12.0. The standard InChI is InChI=1S/C20H20N6O/c1-12-16(10-15(21-2)11-24-12)19-23-8-6-17(25-19)14-5-7-22-18(9-14)26-20(27)13-3-4-13/h5-11,13,21H,3-4H2,1-2H3,(H,22,26,27). The van der Waals surface area contributed by atoms with Gasteiger partial charge in [-0.1, -0.05) is 0 Å². The third kappa shape index (κ3) is 3.76. The number of hydrogen-bond donors (Lipinski definition) is 2. The highest BCUT2D eigenvalue weighted by Gasteiger charge is 2.29. The summed E-state index contributed by atoms with van der Waals surface area (Å²) in [6.07, 6.45) is 7.10. The Balaban J connectivity index is 1.65. The highest BCUT2D eigenvalue weighted by molar-refractivity contribution is 5.93. The van der Waals surface area contributed by atoms with E-state index in [4.69, 9.17) is 4.98 Å². The number of aryl methyl sites for hydroxylation is 1. The molecule has 0 spiro atoms. The van der Waals surface area contributed by atoms with Gasteiger partial charge in [-0.05, 0) is 44.0 Å². The summed E-state index contributed by atoms with van der Waals surface area (Å²) in [5.74, 6) is 1.32. The van der Waals surface area contributed by atoms with Gasteiger partial charge in [-0.3, -0.25) is 9.78 Å². The highest BCUT2D eigenvalue weighted by atomic mass is 16.2. The van der Waals surface area contributed by atoms with Crippen molar-refractivity contribution in [1.29, 1.82) is 0 Å². The van der Waals surface area contributed by atoms with Gasteiger partial charge in [0, 0.05) is 42.2 Å². The van der Waals surface area contributed by atoms with Crippen LogP contribution in [0.15, 0.2) is 42.9 Å². The van der Waals surface area contributed by atoms with E-state index < -0.39 is 0 Å². The van der Waals surface area contributed by atoms with Gasteiger partial charge in [-0.15, -0.1) is 0 Å². The molecule has 0 radical (unpaired) electrons. The van der Waals surface area contributed by atoms with Gasteiger partial charge in [0.1, 0.15) is 5.82 Å². The minimum Gasteiger partial charge on any atom is -0.387 e. The van der Waals surface area contributed by atoms with Crippen molar-refractivity contribution in [2.75, 3.05) is 17.7 Å². The lowest BCUT2D eigenvalue weighted by atomic mass is 10.1. The Morgan fingerprint density at radius 3 is 2.70 bits per heavy atom. The molecule has 0 saturated heterocycles. The second-order valence-electron chi connectivity index (χ2n) is 6.57. The number of anilines is 2. The molecular formula is C20H20N6O. The first-order valence-corrected chi connectivity index (χ1v) is 8.89. The van der Waals surface area contributed by atoms with Crippen molar-refractivity contribution in [3.05, 3.63) is 48.5 Å². The summed E-state index contributed by atoms with van der Waals surface area (Å²) in [5.41, 5.74) is 4.27. The molecule has 0 atom stereocenters. The molecule has 0 aliphatic heterocycles. The van der Waals surface area contributed by atoms with Gasteiger partial charge in [-0.2, -0.15) is 0 Å². The first kappa shape index (κ1) is 17.1. The van der Waals surface area contributed by atoms with Gasteiger partial charge in [0.25, 0.3) is 0 Å². The third-order valence-corrected chi connectivity index (χ3v) is 4.53. The molecule has 7 heteroatoms. The van der Waals surface area contributed by atoms with Gasteiger partial charge >= 0.3 is 0 Å². The molecule has 2 N–H and O–H groups in total. The zero-order chi connectivity index (χ0) is 18.8. The van der Waals surface area contributed by atoms with E-state index in [0.717, 1.165) is 41.0 Å². The van der Waals surface area contributed by atoms with E-state index in [1.807, 2.05) is 38.2 Å². The van der Waals surface area contributed by atoms with Crippen LogP contribution in [0.3, 0.4) is 0 Å². The van der Waals surface area contributed by atoms with Crippen LogP contribution in [0.1, 0.15) is 18.5 Å². The van der Waals surface area contributed by atoms with Crippen LogP contribution in [0.5, 0.6) is 0 Å². The monoisotopic (exact) mass is 360 g/mol. The molecule has 1 aliphatic rings. The number of aromatic nitrogens is 4. The molecule has 1 fully saturated rings. The summed E-state index contributed by atoms with van der Waals surface area (Å²) in [4.78, 5) is 29.7. The second-order valence-corrected chi connectivity index (χ2v) is 6.57. The maximum Gasteiger partial charge on any atom is 0.228 e. The highest BCUT2D eigenvalue weighted by Crippen LogP contribution is 2.30. The van der Waals surface area contributed by atoms with E-state index in [0.29, 0.717) is 11.6 Å². The van der Waals surface area contributed by atoms with E-state index in [1.165, 1.54) is 0 Å². The molecule has 3 heterocycles. The molecule has 0 aromatic carbocycles. The average molecular weight is 360 g/mol. The van der Waals surface area contributed by atoms with Crippen molar-refractivity contribution in [3.63, 3.8) is 0 Å². The van der Waals surface area contributed by atoms with E-state index in [9.17, 15) is 4.79 Å². The van der Waals surface area contributed by atoms with Crippen molar-refractivity contribution in [1.82, 2.24) is 19.9 Å². The Morgan fingerprint density at radius 1 is 1.11 bits per heavy atom. The normalized spacial score (nSPS) is 13.3. The molecule has 0 bridgehead atoms. The summed E-state index contributed by atoms with van der Waals surface area (Å²) in [6.45, 7) is 1.93. The summed E-state index contributed by atoms with van der Waals surface area (Å²) < 4.78 is 0. The summed E-state index contributed by atoms with van der Waals surface area (Å²) in [7, 11) is 1.85.